The van der Waals surface area contributed by atoms with E-state index < -0.39 is 42.4 Å². The number of ether oxygens (including phenoxy) is 1. The summed E-state index contributed by atoms with van der Waals surface area (Å²) in [5.74, 6) is -0.513. The average Bonchev–Trinajstić information content (AvgIpc) is 2.82. The highest BCUT2D eigenvalue weighted by molar-refractivity contribution is 5.72. The Hall–Kier alpha value is -2.04. The van der Waals surface area contributed by atoms with Crippen molar-refractivity contribution in [2.75, 3.05) is 12.1 Å². The highest BCUT2D eigenvalue weighted by Gasteiger charge is 2.55. The van der Waals surface area contributed by atoms with Crippen LogP contribution in [0.25, 0.3) is 0 Å². The van der Waals surface area contributed by atoms with Gasteiger partial charge in [-0.15, -0.1) is 0 Å². The number of alkyl halides is 1. The fourth-order valence-corrected chi connectivity index (χ4v) is 3.02. The third-order valence-electron chi connectivity index (χ3n) is 4.46. The van der Waals surface area contributed by atoms with Crippen LogP contribution in [0, 0.1) is 11.8 Å². The van der Waals surface area contributed by atoms with Gasteiger partial charge in [0.05, 0.1) is 12.5 Å². The summed E-state index contributed by atoms with van der Waals surface area (Å²) in [6.45, 7) is 6.19. The number of hydrogen-bond acceptors (Lipinski definition) is 8. The molecule has 0 saturated carbocycles. The van der Waals surface area contributed by atoms with Crippen LogP contribution in [0.3, 0.4) is 0 Å². The molecule has 0 amide bonds. The number of carbonyl (C=O) groups excluding carboxylic acids is 1. The number of rotatable bonds is 7. The minimum absolute atomic E-state index is 0.0286. The van der Waals surface area contributed by atoms with E-state index in [1.165, 1.54) is 12.3 Å². The Kier molecular flexibility index (Phi) is 6.55. The molecule has 0 aromatic carbocycles. The summed E-state index contributed by atoms with van der Waals surface area (Å²) in [5, 5.41) is 19.0. The molecule has 5 atom stereocenters. The van der Waals surface area contributed by atoms with E-state index in [1.807, 2.05) is 13.8 Å². The van der Waals surface area contributed by atoms with Crippen LogP contribution < -0.4 is 11.2 Å². The molecule has 1 aromatic rings. The quantitative estimate of drug-likeness (QED) is 0.587. The van der Waals surface area contributed by atoms with Gasteiger partial charge in [0.2, 0.25) is 0 Å². The molecule has 0 radical (unpaired) electrons. The number of carbonyl (C=O) groups is 1. The van der Waals surface area contributed by atoms with E-state index in [4.69, 9.17) is 14.7 Å². The molecule has 152 valence electrons. The monoisotopic (exact) mass is 387 g/mol. The Bertz CT molecular complexity index is 723. The molecule has 2 heterocycles. The first kappa shape index (κ1) is 21.3. The zero-order valence-corrected chi connectivity index (χ0v) is 15.8. The van der Waals surface area contributed by atoms with Crippen molar-refractivity contribution in [1.29, 1.82) is 0 Å². The van der Waals surface area contributed by atoms with Gasteiger partial charge in [-0.1, -0.05) is 20.8 Å². The Morgan fingerprint density at radius 3 is 2.70 bits per heavy atom. The molecule has 1 aliphatic rings. The first-order chi connectivity index (χ1) is 12.6. The predicted molar refractivity (Wildman–Crippen MR) is 93.3 cm³/mol. The summed E-state index contributed by atoms with van der Waals surface area (Å²) in [5.41, 5.74) is -0.860. The SMILES string of the molecule is CC(C)CC(C)C(=O)ONc1ccn([C@@H]2OC(CO)[C@H](O)C2(C)F)c(=O)n1. The first-order valence-corrected chi connectivity index (χ1v) is 8.77. The predicted octanol–water partition coefficient (Wildman–Crippen LogP) is 0.774. The maximum Gasteiger partial charge on any atom is 0.351 e. The van der Waals surface area contributed by atoms with Gasteiger partial charge >= 0.3 is 11.7 Å². The van der Waals surface area contributed by atoms with Gasteiger partial charge < -0.3 is 19.8 Å². The third kappa shape index (κ3) is 4.63. The second-order valence-corrected chi connectivity index (χ2v) is 7.36. The Balaban J connectivity index is 2.08. The lowest BCUT2D eigenvalue weighted by Crippen LogP contribution is -2.42. The standard InChI is InChI=1S/C17H26FN3O6/c1-9(2)7-10(3)14(24)27-20-12-5-6-21(16(25)19-12)15-17(4,18)13(23)11(8-22)26-15/h5-6,9-11,13,15,22-23H,7-8H2,1-4H3,(H,19,20,25)/t10?,11?,13-,15+,17?/m0/s1. The molecule has 2 rings (SSSR count). The van der Waals surface area contributed by atoms with E-state index in [2.05, 4.69) is 10.5 Å². The maximum absolute atomic E-state index is 14.8. The summed E-state index contributed by atoms with van der Waals surface area (Å²) in [7, 11) is 0. The van der Waals surface area contributed by atoms with Crippen LogP contribution in [0.5, 0.6) is 0 Å². The maximum atomic E-state index is 14.8. The largest absolute Gasteiger partial charge is 0.394 e. The topological polar surface area (TPSA) is 123 Å². The molecular formula is C17H26FN3O6. The zero-order chi connectivity index (χ0) is 20.4. The van der Waals surface area contributed by atoms with E-state index in [1.54, 1.807) is 6.92 Å². The van der Waals surface area contributed by atoms with Gasteiger partial charge in [-0.25, -0.2) is 19.5 Å². The molecule has 0 bridgehead atoms. The average molecular weight is 387 g/mol. The lowest BCUT2D eigenvalue weighted by Gasteiger charge is -2.24. The van der Waals surface area contributed by atoms with Crippen LogP contribution in [-0.2, 0) is 14.4 Å². The fraction of sp³-hybridized carbons (Fsp3) is 0.706. The van der Waals surface area contributed by atoms with Crippen molar-refractivity contribution in [2.45, 2.75) is 58.2 Å². The lowest BCUT2D eigenvalue weighted by atomic mass is 9.98. The molecule has 1 fully saturated rings. The molecule has 1 saturated heterocycles. The first-order valence-electron chi connectivity index (χ1n) is 8.77. The summed E-state index contributed by atoms with van der Waals surface area (Å²) >= 11 is 0. The second kappa shape index (κ2) is 8.32. The molecule has 10 heteroatoms. The minimum atomic E-state index is -2.30. The van der Waals surface area contributed by atoms with Crippen molar-refractivity contribution >= 4 is 11.8 Å². The molecule has 3 N–H and O–H groups in total. The zero-order valence-electron chi connectivity index (χ0n) is 15.8. The third-order valence-corrected chi connectivity index (χ3v) is 4.46. The Morgan fingerprint density at radius 1 is 1.52 bits per heavy atom. The second-order valence-electron chi connectivity index (χ2n) is 7.36. The number of nitrogens with zero attached hydrogens (tertiary/aromatic N) is 2. The van der Waals surface area contributed by atoms with Gasteiger partial charge in [0, 0.05) is 12.3 Å². The van der Waals surface area contributed by atoms with Crippen molar-refractivity contribution < 1.29 is 29.0 Å². The summed E-state index contributed by atoms with van der Waals surface area (Å²) in [4.78, 5) is 32.7. The van der Waals surface area contributed by atoms with Crippen LogP contribution in [-0.4, -0.2) is 50.2 Å². The van der Waals surface area contributed by atoms with Crippen LogP contribution in [0.2, 0.25) is 0 Å². The van der Waals surface area contributed by atoms with Gasteiger partial charge in [0.15, 0.2) is 17.7 Å². The number of aliphatic hydroxyl groups is 2. The van der Waals surface area contributed by atoms with Gasteiger partial charge in [-0.2, -0.15) is 4.98 Å². The van der Waals surface area contributed by atoms with E-state index in [0.717, 1.165) is 11.5 Å². The van der Waals surface area contributed by atoms with Crippen LogP contribution in [0.1, 0.15) is 40.3 Å². The van der Waals surface area contributed by atoms with E-state index >= 15 is 0 Å². The molecule has 0 aliphatic carbocycles. The van der Waals surface area contributed by atoms with Crippen LogP contribution >= 0.6 is 0 Å². The van der Waals surface area contributed by atoms with E-state index in [9.17, 15) is 19.1 Å². The summed E-state index contributed by atoms with van der Waals surface area (Å²) < 4.78 is 20.9. The lowest BCUT2D eigenvalue weighted by molar-refractivity contribution is -0.145. The molecule has 0 spiro atoms. The van der Waals surface area contributed by atoms with Crippen molar-refractivity contribution in [1.82, 2.24) is 9.55 Å². The van der Waals surface area contributed by atoms with Crippen molar-refractivity contribution in [2.24, 2.45) is 11.8 Å². The van der Waals surface area contributed by atoms with Crippen LogP contribution in [0.15, 0.2) is 17.1 Å². The van der Waals surface area contributed by atoms with Crippen molar-refractivity contribution in [3.05, 3.63) is 22.7 Å². The molecule has 3 unspecified atom stereocenters. The van der Waals surface area contributed by atoms with Gasteiger partial charge in [-0.3, -0.25) is 4.57 Å². The Morgan fingerprint density at radius 2 is 2.19 bits per heavy atom. The van der Waals surface area contributed by atoms with Crippen molar-refractivity contribution in [3.63, 3.8) is 0 Å². The highest BCUT2D eigenvalue weighted by Crippen LogP contribution is 2.40. The summed E-state index contributed by atoms with van der Waals surface area (Å²) in [6.07, 6.45) is -2.35. The number of nitrogens with one attached hydrogen (secondary N) is 1. The highest BCUT2D eigenvalue weighted by atomic mass is 19.1. The smallest absolute Gasteiger partial charge is 0.351 e. The normalized spacial score (nSPS) is 29.0. The molecule has 9 nitrogen and oxygen atoms in total. The molecule has 1 aromatic heterocycles. The fourth-order valence-electron chi connectivity index (χ4n) is 3.02. The number of aliphatic hydroxyl groups excluding tert-OH is 2. The van der Waals surface area contributed by atoms with E-state index in [0.29, 0.717) is 12.3 Å². The molecular weight excluding hydrogens is 361 g/mol. The molecule has 27 heavy (non-hydrogen) atoms. The number of aromatic nitrogens is 2. The van der Waals surface area contributed by atoms with E-state index in [-0.39, 0.29) is 11.7 Å². The van der Waals surface area contributed by atoms with Gasteiger partial charge in [-0.05, 0) is 19.3 Å². The number of anilines is 1. The van der Waals surface area contributed by atoms with Gasteiger partial charge in [0.1, 0.15) is 12.2 Å². The minimum Gasteiger partial charge on any atom is -0.394 e. The van der Waals surface area contributed by atoms with Gasteiger partial charge in [0.25, 0.3) is 0 Å². The molecule has 1 aliphatic heterocycles. The van der Waals surface area contributed by atoms with Crippen molar-refractivity contribution in [3.8, 4) is 0 Å². The van der Waals surface area contributed by atoms with Crippen LogP contribution in [0.4, 0.5) is 10.2 Å². The number of hydrogen-bond donors (Lipinski definition) is 3. The summed E-state index contributed by atoms with van der Waals surface area (Å²) in [6, 6.07) is 1.31. The number of halogens is 1. The Labute approximate surface area is 156 Å².